The Morgan fingerprint density at radius 1 is 1.14 bits per heavy atom. The second-order valence-corrected chi connectivity index (χ2v) is 5.00. The number of carbonyl (C=O) groups excluding carboxylic acids is 1. The number of carbonyl (C=O) groups is 1. The predicted molar refractivity (Wildman–Crippen MR) is 82.7 cm³/mol. The zero-order valence-electron chi connectivity index (χ0n) is 12.0. The van der Waals surface area contributed by atoms with Crippen LogP contribution >= 0.6 is 0 Å². The highest BCUT2D eigenvalue weighted by Gasteiger charge is 2.16. The maximum atomic E-state index is 13.6. The molecule has 2 aromatic carbocycles. The van der Waals surface area contributed by atoms with Crippen molar-refractivity contribution in [1.82, 2.24) is 0 Å². The van der Waals surface area contributed by atoms with Gasteiger partial charge in [-0.05, 0) is 29.7 Å². The van der Waals surface area contributed by atoms with Crippen LogP contribution < -0.4 is 16.6 Å². The van der Waals surface area contributed by atoms with E-state index >= 15 is 0 Å². The molecule has 21 heavy (non-hydrogen) atoms. The lowest BCUT2D eigenvalue weighted by molar-refractivity contribution is 0.102. The molecular formula is C16H18FN3O. The molecule has 1 amide bonds. The Bertz CT molecular complexity index is 656. The highest BCUT2D eigenvalue weighted by molar-refractivity contribution is 6.08. The number of hydrogen-bond acceptors (Lipinski definition) is 3. The monoisotopic (exact) mass is 287 g/mol. The topological polar surface area (TPSA) is 67.2 Å². The maximum Gasteiger partial charge on any atom is 0.257 e. The van der Waals surface area contributed by atoms with Crippen LogP contribution in [-0.2, 0) is 0 Å². The van der Waals surface area contributed by atoms with E-state index in [0.717, 1.165) is 5.56 Å². The van der Waals surface area contributed by atoms with Gasteiger partial charge in [-0.25, -0.2) is 4.39 Å². The summed E-state index contributed by atoms with van der Waals surface area (Å²) in [5.41, 5.74) is 4.11. The standard InChI is InChI=1S/C16H18FN3O/c1-10(2)11-6-3-4-9-14(11)19-16(21)12-7-5-8-13(17)15(12)20-18/h3-10,20H,18H2,1-2H3,(H,19,21). The molecule has 0 spiro atoms. The summed E-state index contributed by atoms with van der Waals surface area (Å²) in [6.07, 6.45) is 0. The van der Waals surface area contributed by atoms with E-state index in [1.165, 1.54) is 18.2 Å². The van der Waals surface area contributed by atoms with Crippen LogP contribution in [0.5, 0.6) is 0 Å². The van der Waals surface area contributed by atoms with Gasteiger partial charge in [-0.2, -0.15) is 0 Å². The van der Waals surface area contributed by atoms with Crippen molar-refractivity contribution in [2.24, 2.45) is 5.84 Å². The molecule has 0 bridgehead atoms. The van der Waals surface area contributed by atoms with Gasteiger partial charge >= 0.3 is 0 Å². The first kappa shape index (κ1) is 15.0. The van der Waals surface area contributed by atoms with E-state index in [2.05, 4.69) is 10.7 Å². The summed E-state index contributed by atoms with van der Waals surface area (Å²) < 4.78 is 13.6. The molecule has 2 aromatic rings. The number of halogens is 1. The van der Waals surface area contributed by atoms with E-state index in [0.29, 0.717) is 5.69 Å². The van der Waals surface area contributed by atoms with Crippen LogP contribution in [0.25, 0.3) is 0 Å². The quantitative estimate of drug-likeness (QED) is 0.595. The molecule has 2 rings (SSSR count). The molecule has 0 radical (unpaired) electrons. The average molecular weight is 287 g/mol. The number of nitrogen functional groups attached to an aromatic ring is 1. The fourth-order valence-electron chi connectivity index (χ4n) is 2.16. The van der Waals surface area contributed by atoms with Crippen LogP contribution in [0.2, 0.25) is 0 Å². The first-order chi connectivity index (χ1) is 10.0. The second-order valence-electron chi connectivity index (χ2n) is 5.00. The molecule has 0 aromatic heterocycles. The van der Waals surface area contributed by atoms with Gasteiger partial charge in [0.2, 0.25) is 0 Å². The summed E-state index contributed by atoms with van der Waals surface area (Å²) in [6, 6.07) is 11.8. The first-order valence-corrected chi connectivity index (χ1v) is 6.70. The Morgan fingerprint density at radius 2 is 1.86 bits per heavy atom. The van der Waals surface area contributed by atoms with Crippen molar-refractivity contribution < 1.29 is 9.18 Å². The Kier molecular flexibility index (Phi) is 4.55. The van der Waals surface area contributed by atoms with Crippen LogP contribution in [-0.4, -0.2) is 5.91 Å². The molecule has 0 saturated heterocycles. The van der Waals surface area contributed by atoms with Gasteiger partial charge in [0.25, 0.3) is 5.91 Å². The van der Waals surface area contributed by atoms with Crippen molar-refractivity contribution in [3.05, 3.63) is 59.4 Å². The van der Waals surface area contributed by atoms with E-state index in [9.17, 15) is 9.18 Å². The number of benzene rings is 2. The highest BCUT2D eigenvalue weighted by Crippen LogP contribution is 2.25. The normalized spacial score (nSPS) is 10.5. The number of nitrogens with two attached hydrogens (primary N) is 1. The third kappa shape index (κ3) is 3.20. The minimum absolute atomic E-state index is 0.0166. The summed E-state index contributed by atoms with van der Waals surface area (Å²) >= 11 is 0. The predicted octanol–water partition coefficient (Wildman–Crippen LogP) is 3.49. The molecule has 0 aliphatic heterocycles. The van der Waals surface area contributed by atoms with Crippen molar-refractivity contribution >= 4 is 17.3 Å². The molecular weight excluding hydrogens is 269 g/mol. The minimum Gasteiger partial charge on any atom is -0.322 e. The average Bonchev–Trinajstić information content (AvgIpc) is 2.47. The SMILES string of the molecule is CC(C)c1ccccc1NC(=O)c1cccc(F)c1NN. The van der Waals surface area contributed by atoms with Crippen LogP contribution in [0.4, 0.5) is 15.8 Å². The van der Waals surface area contributed by atoms with Crippen molar-refractivity contribution in [2.75, 3.05) is 10.7 Å². The summed E-state index contributed by atoms with van der Waals surface area (Å²) in [5, 5.41) is 2.81. The molecule has 110 valence electrons. The van der Waals surface area contributed by atoms with E-state index < -0.39 is 11.7 Å². The molecule has 0 unspecified atom stereocenters. The summed E-state index contributed by atoms with van der Waals surface area (Å²) in [4.78, 5) is 12.3. The summed E-state index contributed by atoms with van der Waals surface area (Å²) in [7, 11) is 0. The van der Waals surface area contributed by atoms with Gasteiger partial charge in [0.05, 0.1) is 11.3 Å². The molecule has 4 nitrogen and oxygen atoms in total. The number of para-hydroxylation sites is 2. The molecule has 4 N–H and O–H groups in total. The summed E-state index contributed by atoms with van der Waals surface area (Å²) in [6.45, 7) is 4.08. The summed E-state index contributed by atoms with van der Waals surface area (Å²) in [5.74, 6) is 4.58. The lowest BCUT2D eigenvalue weighted by atomic mass is 10.0. The van der Waals surface area contributed by atoms with Crippen LogP contribution in [0.15, 0.2) is 42.5 Å². The second kappa shape index (κ2) is 6.37. The minimum atomic E-state index is -0.567. The Morgan fingerprint density at radius 3 is 2.52 bits per heavy atom. The number of hydrazine groups is 1. The van der Waals surface area contributed by atoms with Gasteiger partial charge in [0.15, 0.2) is 0 Å². The van der Waals surface area contributed by atoms with Crippen molar-refractivity contribution in [3.63, 3.8) is 0 Å². The van der Waals surface area contributed by atoms with Crippen molar-refractivity contribution in [2.45, 2.75) is 19.8 Å². The van der Waals surface area contributed by atoms with Gasteiger partial charge in [0.1, 0.15) is 5.82 Å². The number of amides is 1. The lowest BCUT2D eigenvalue weighted by Crippen LogP contribution is -2.19. The molecule has 0 fully saturated rings. The van der Waals surface area contributed by atoms with Crippen LogP contribution in [0, 0.1) is 5.82 Å². The zero-order valence-corrected chi connectivity index (χ0v) is 12.0. The third-order valence-electron chi connectivity index (χ3n) is 3.23. The Hall–Kier alpha value is -2.40. The van der Waals surface area contributed by atoms with Crippen molar-refractivity contribution in [3.8, 4) is 0 Å². The van der Waals surface area contributed by atoms with E-state index in [-0.39, 0.29) is 17.2 Å². The van der Waals surface area contributed by atoms with Gasteiger partial charge in [-0.1, -0.05) is 38.1 Å². The largest absolute Gasteiger partial charge is 0.322 e. The van der Waals surface area contributed by atoms with E-state index in [1.807, 2.05) is 38.1 Å². The van der Waals surface area contributed by atoms with E-state index in [4.69, 9.17) is 5.84 Å². The lowest BCUT2D eigenvalue weighted by Gasteiger charge is -2.15. The maximum absolute atomic E-state index is 13.6. The van der Waals surface area contributed by atoms with Gasteiger partial charge in [0, 0.05) is 5.69 Å². The molecule has 5 heteroatoms. The van der Waals surface area contributed by atoms with Gasteiger partial charge < -0.3 is 10.7 Å². The fourth-order valence-corrected chi connectivity index (χ4v) is 2.16. The van der Waals surface area contributed by atoms with Crippen LogP contribution in [0.1, 0.15) is 35.7 Å². The molecule has 0 aliphatic carbocycles. The van der Waals surface area contributed by atoms with Gasteiger partial charge in [-0.15, -0.1) is 0 Å². The van der Waals surface area contributed by atoms with Gasteiger partial charge in [-0.3, -0.25) is 10.6 Å². The number of rotatable bonds is 4. The zero-order chi connectivity index (χ0) is 15.4. The van der Waals surface area contributed by atoms with Crippen LogP contribution in [0.3, 0.4) is 0 Å². The third-order valence-corrected chi connectivity index (χ3v) is 3.23. The smallest absolute Gasteiger partial charge is 0.257 e. The number of hydrogen-bond donors (Lipinski definition) is 3. The molecule has 0 atom stereocenters. The van der Waals surface area contributed by atoms with Crippen molar-refractivity contribution in [1.29, 1.82) is 0 Å². The molecule has 0 aliphatic rings. The fraction of sp³-hybridized carbons (Fsp3) is 0.188. The molecule has 0 heterocycles. The van der Waals surface area contributed by atoms with E-state index in [1.54, 1.807) is 0 Å². The highest BCUT2D eigenvalue weighted by atomic mass is 19.1. The Balaban J connectivity index is 2.33. The number of nitrogens with one attached hydrogen (secondary N) is 2. The number of anilines is 2. The Labute approximate surface area is 123 Å². The molecule has 0 saturated carbocycles. The first-order valence-electron chi connectivity index (χ1n) is 6.70.